The highest BCUT2D eigenvalue weighted by molar-refractivity contribution is 7.91. The number of benzene rings is 3. The minimum atomic E-state index is -4.97. The van der Waals surface area contributed by atoms with Gasteiger partial charge in [-0.2, -0.15) is 8.42 Å². The summed E-state index contributed by atoms with van der Waals surface area (Å²) in [6.45, 7) is 15.4. The van der Waals surface area contributed by atoms with E-state index in [1.165, 1.54) is 12.1 Å². The van der Waals surface area contributed by atoms with Gasteiger partial charge in [0.25, 0.3) is 10.1 Å². The van der Waals surface area contributed by atoms with Gasteiger partial charge in [0.2, 0.25) is 15.4 Å². The molecule has 0 radical (unpaired) electrons. The van der Waals surface area contributed by atoms with Crippen LogP contribution in [0.25, 0.3) is 33.4 Å². The van der Waals surface area contributed by atoms with Crippen LogP contribution in [-0.4, -0.2) is 93.8 Å². The molecule has 0 saturated carbocycles. The zero-order valence-electron chi connectivity index (χ0n) is 28.9. The van der Waals surface area contributed by atoms with Crippen LogP contribution in [0.5, 0.6) is 0 Å². The Labute approximate surface area is 289 Å². The van der Waals surface area contributed by atoms with E-state index in [-0.39, 0.29) is 19.8 Å². The summed E-state index contributed by atoms with van der Waals surface area (Å²) in [6, 6.07) is 15.6. The molecule has 0 atom stereocenters. The van der Waals surface area contributed by atoms with Gasteiger partial charge in [0.15, 0.2) is 0 Å². The highest BCUT2D eigenvalue weighted by Crippen LogP contribution is 2.42. The number of nitrogens with zero attached hydrogens (tertiary/aromatic N) is 2. The number of ether oxygens (including phenoxy) is 3. The molecular formula is C35H48N3O9S2+. The van der Waals surface area contributed by atoms with Gasteiger partial charge in [-0.05, 0) is 70.5 Å². The third-order valence-electron chi connectivity index (χ3n) is 8.23. The van der Waals surface area contributed by atoms with E-state index in [0.717, 1.165) is 37.2 Å². The minimum absolute atomic E-state index is 0.0315. The van der Waals surface area contributed by atoms with Crippen molar-refractivity contribution in [2.75, 3.05) is 77.3 Å². The molecule has 0 aromatic heterocycles. The SMILES string of the molecule is CCOCCOCCOCCNS(=O)(=O)c1ccc(-c2c3ccc(=[N+](CC)CC)cc-3oc3cc(N(CC)CC)ccc23)cc1S(=O)(=O)O. The smallest absolute Gasteiger partial charge is 0.295 e. The van der Waals surface area contributed by atoms with Crippen LogP contribution in [-0.2, 0) is 34.4 Å². The molecule has 2 aromatic rings. The zero-order valence-corrected chi connectivity index (χ0v) is 30.5. The maximum atomic E-state index is 13.3. The standard InChI is InChI=1S/C35H47N3O9S2/c1-6-37(7-2)27-12-14-29-31(24-27)47-32-25-28(38(8-3)9-4)13-15-30(32)35(29)26-11-16-33(34(23-26)49(41,42)43)48(39,40)36-17-18-45-21-22-46-20-19-44-10-5/h11-16,23-25,36H,6-10,17-22H2,1-5H3/p+1. The van der Waals surface area contributed by atoms with Crippen molar-refractivity contribution in [3.8, 4) is 22.5 Å². The van der Waals surface area contributed by atoms with Crippen molar-refractivity contribution >= 4 is 36.8 Å². The lowest BCUT2D eigenvalue weighted by Gasteiger charge is -2.22. The van der Waals surface area contributed by atoms with Crippen LogP contribution in [0.2, 0.25) is 0 Å². The van der Waals surface area contributed by atoms with Gasteiger partial charge in [-0.25, -0.2) is 17.7 Å². The number of fused-ring (bicyclic) bond motifs is 2. The molecule has 1 heterocycles. The number of hydrogen-bond acceptors (Lipinski definition) is 9. The van der Waals surface area contributed by atoms with Crippen LogP contribution in [0.4, 0.5) is 5.69 Å². The zero-order chi connectivity index (χ0) is 35.6. The average Bonchev–Trinajstić information content (AvgIpc) is 3.08. The summed E-state index contributed by atoms with van der Waals surface area (Å²) in [5.74, 6) is 0.579. The number of hydrogen-bond donors (Lipinski definition) is 2. The number of nitrogens with one attached hydrogen (secondary N) is 1. The van der Waals surface area contributed by atoms with Crippen molar-refractivity contribution in [1.82, 2.24) is 9.30 Å². The van der Waals surface area contributed by atoms with E-state index in [2.05, 4.69) is 41.9 Å². The summed E-state index contributed by atoms with van der Waals surface area (Å²) in [7, 11) is -9.32. The second kappa shape index (κ2) is 17.5. The van der Waals surface area contributed by atoms with Gasteiger partial charge < -0.3 is 23.5 Å². The Bertz CT molecular complexity index is 1970. The lowest BCUT2D eigenvalue weighted by molar-refractivity contribution is 0.0181. The Balaban J connectivity index is 1.75. The van der Waals surface area contributed by atoms with Gasteiger partial charge >= 0.3 is 0 Å². The molecule has 268 valence electrons. The Kier molecular flexibility index (Phi) is 13.7. The Morgan fingerprint density at radius 1 is 0.776 bits per heavy atom. The van der Waals surface area contributed by atoms with Crippen molar-refractivity contribution < 1.29 is 40.0 Å². The fourth-order valence-electron chi connectivity index (χ4n) is 5.75. The first kappa shape index (κ1) is 38.4. The molecule has 1 aliphatic carbocycles. The molecule has 0 bridgehead atoms. The fraction of sp³-hybridized carbons (Fsp3) is 0.457. The van der Waals surface area contributed by atoms with E-state index >= 15 is 0 Å². The maximum absolute atomic E-state index is 13.3. The maximum Gasteiger partial charge on any atom is 0.295 e. The highest BCUT2D eigenvalue weighted by Gasteiger charge is 2.28. The average molecular weight is 719 g/mol. The first-order chi connectivity index (χ1) is 23.5. The van der Waals surface area contributed by atoms with Crippen LogP contribution < -0.4 is 19.6 Å². The summed E-state index contributed by atoms with van der Waals surface area (Å²) >= 11 is 0. The van der Waals surface area contributed by atoms with E-state index < -0.39 is 29.9 Å². The quantitative estimate of drug-likeness (QED) is 0.0617. The van der Waals surface area contributed by atoms with Crippen LogP contribution in [0.15, 0.2) is 68.8 Å². The molecule has 2 aliphatic rings. The third-order valence-corrected chi connectivity index (χ3v) is 10.8. The summed E-state index contributed by atoms with van der Waals surface area (Å²) in [5, 5.41) is 1.67. The van der Waals surface area contributed by atoms with Gasteiger partial charge in [-0.3, -0.25) is 4.55 Å². The number of sulfonamides is 1. The van der Waals surface area contributed by atoms with Crippen molar-refractivity contribution in [2.24, 2.45) is 0 Å². The summed E-state index contributed by atoms with van der Waals surface area (Å²) in [6.07, 6.45) is 0. The van der Waals surface area contributed by atoms with Gasteiger partial charge in [0, 0.05) is 60.6 Å². The van der Waals surface area contributed by atoms with Crippen molar-refractivity contribution in [2.45, 2.75) is 44.4 Å². The monoisotopic (exact) mass is 718 g/mol. The van der Waals surface area contributed by atoms with Gasteiger partial charge in [0.05, 0.1) is 39.1 Å². The van der Waals surface area contributed by atoms with E-state index in [1.807, 2.05) is 43.3 Å². The molecule has 0 amide bonds. The summed E-state index contributed by atoms with van der Waals surface area (Å²) < 4.78 is 89.4. The predicted molar refractivity (Wildman–Crippen MR) is 191 cm³/mol. The molecule has 4 rings (SSSR count). The van der Waals surface area contributed by atoms with Crippen molar-refractivity contribution in [1.29, 1.82) is 0 Å². The van der Waals surface area contributed by atoms with Gasteiger partial charge in [-0.1, -0.05) is 6.07 Å². The van der Waals surface area contributed by atoms with Gasteiger partial charge in [0.1, 0.15) is 34.2 Å². The van der Waals surface area contributed by atoms with E-state index in [0.29, 0.717) is 59.8 Å². The van der Waals surface area contributed by atoms with Crippen LogP contribution >= 0.6 is 0 Å². The Morgan fingerprint density at radius 2 is 1.45 bits per heavy atom. The van der Waals surface area contributed by atoms with Crippen molar-refractivity contribution in [3.05, 3.63) is 60.0 Å². The summed E-state index contributed by atoms with van der Waals surface area (Å²) in [4.78, 5) is 0.888. The van der Waals surface area contributed by atoms with Gasteiger partial charge in [-0.15, -0.1) is 0 Å². The molecule has 12 nitrogen and oxygen atoms in total. The highest BCUT2D eigenvalue weighted by atomic mass is 32.2. The fourth-order valence-corrected chi connectivity index (χ4v) is 8.07. The second-order valence-corrected chi connectivity index (χ2v) is 14.3. The van der Waals surface area contributed by atoms with E-state index in [4.69, 9.17) is 18.6 Å². The van der Waals surface area contributed by atoms with E-state index in [1.54, 1.807) is 6.07 Å². The molecular weight excluding hydrogens is 671 g/mol. The third kappa shape index (κ3) is 9.45. The molecule has 0 fully saturated rings. The Hall–Kier alpha value is -3.37. The minimum Gasteiger partial charge on any atom is -0.456 e. The first-order valence-corrected chi connectivity index (χ1v) is 19.6. The first-order valence-electron chi connectivity index (χ1n) is 16.7. The second-order valence-electron chi connectivity index (χ2n) is 11.1. The lowest BCUT2D eigenvalue weighted by atomic mass is 9.93. The van der Waals surface area contributed by atoms with Crippen LogP contribution in [0.1, 0.15) is 34.6 Å². The van der Waals surface area contributed by atoms with Crippen LogP contribution in [0.3, 0.4) is 0 Å². The topological polar surface area (TPSA) is 148 Å². The van der Waals surface area contributed by atoms with Crippen molar-refractivity contribution in [3.63, 3.8) is 0 Å². The largest absolute Gasteiger partial charge is 0.456 e. The normalized spacial score (nSPS) is 12.2. The molecule has 0 spiro atoms. The molecule has 0 unspecified atom stereocenters. The lowest BCUT2D eigenvalue weighted by Crippen LogP contribution is -2.29. The molecule has 0 saturated heterocycles. The molecule has 1 aliphatic heterocycles. The molecule has 2 aromatic carbocycles. The summed E-state index contributed by atoms with van der Waals surface area (Å²) in [5.41, 5.74) is 3.29. The van der Waals surface area contributed by atoms with E-state index in [9.17, 15) is 21.4 Å². The predicted octanol–water partition coefficient (Wildman–Crippen LogP) is 4.46. The number of anilines is 1. The molecule has 14 heteroatoms. The van der Waals surface area contributed by atoms with Crippen LogP contribution in [0, 0.1) is 0 Å². The Morgan fingerprint density at radius 3 is 2.08 bits per heavy atom. The number of rotatable bonds is 19. The molecule has 49 heavy (non-hydrogen) atoms. The molecule has 2 N–H and O–H groups in total.